The van der Waals surface area contributed by atoms with Gasteiger partial charge in [-0.05, 0) is 34.5 Å². The molecule has 18 heavy (non-hydrogen) atoms. The fourth-order valence-electron chi connectivity index (χ4n) is 1.89. The summed E-state index contributed by atoms with van der Waals surface area (Å²) in [6.45, 7) is 0. The highest BCUT2D eigenvalue weighted by Crippen LogP contribution is 2.35. The first-order chi connectivity index (χ1) is 8.83. The van der Waals surface area contributed by atoms with Gasteiger partial charge < -0.3 is 4.74 Å². The van der Waals surface area contributed by atoms with Crippen molar-refractivity contribution in [2.24, 2.45) is 0 Å². The summed E-state index contributed by atoms with van der Waals surface area (Å²) in [5.74, 6) is 1.70. The van der Waals surface area contributed by atoms with Crippen molar-refractivity contribution in [3.63, 3.8) is 0 Å². The minimum Gasteiger partial charge on any atom is -0.481 e. The Morgan fingerprint density at radius 2 is 2.22 bits per heavy atom. The molecular formula is C14H12O2S2. The van der Waals surface area contributed by atoms with E-state index in [1.165, 1.54) is 0 Å². The number of para-hydroxylation sites is 1. The number of benzene rings is 1. The average molecular weight is 276 g/mol. The summed E-state index contributed by atoms with van der Waals surface area (Å²) in [5.41, 5.74) is 1.08. The van der Waals surface area contributed by atoms with E-state index in [9.17, 15) is 4.79 Å². The van der Waals surface area contributed by atoms with Gasteiger partial charge in [0.05, 0.1) is 0 Å². The number of Topliss-reactive ketones (excluding diaryl/α,β-unsaturated/α-hetero) is 1. The number of ether oxygens (including phenoxy) is 1. The van der Waals surface area contributed by atoms with Gasteiger partial charge in [-0.3, -0.25) is 4.79 Å². The van der Waals surface area contributed by atoms with E-state index in [4.69, 9.17) is 4.74 Å². The molecule has 0 fully saturated rings. The molecule has 2 nitrogen and oxygen atoms in total. The number of carbonyl (C=O) groups excluding carboxylic acids is 1. The number of hydrogen-bond donors (Lipinski definition) is 0. The van der Waals surface area contributed by atoms with Crippen LogP contribution in [0.2, 0.25) is 0 Å². The highest BCUT2D eigenvalue weighted by Gasteiger charge is 2.26. The largest absolute Gasteiger partial charge is 0.481 e. The normalized spacial score (nSPS) is 17.9. The lowest BCUT2D eigenvalue weighted by molar-refractivity contribution is -0.124. The second-order valence-electron chi connectivity index (χ2n) is 4.14. The van der Waals surface area contributed by atoms with E-state index >= 15 is 0 Å². The van der Waals surface area contributed by atoms with E-state index in [0.29, 0.717) is 12.2 Å². The third-order valence-electron chi connectivity index (χ3n) is 2.83. The Labute approximate surface area is 114 Å². The SMILES string of the molecule is O=C(Cc1ccsc1)C1CSc2ccccc2O1. The molecule has 2 aromatic rings. The Morgan fingerprint density at radius 1 is 1.33 bits per heavy atom. The molecule has 1 aliphatic rings. The van der Waals surface area contributed by atoms with Crippen LogP contribution >= 0.6 is 23.1 Å². The average Bonchev–Trinajstić information content (AvgIpc) is 2.91. The molecule has 0 N–H and O–H groups in total. The number of thiophene rings is 1. The maximum atomic E-state index is 12.1. The zero-order valence-electron chi connectivity index (χ0n) is 9.67. The van der Waals surface area contributed by atoms with Crippen molar-refractivity contribution in [2.45, 2.75) is 17.4 Å². The first-order valence-electron chi connectivity index (χ1n) is 5.75. The molecular weight excluding hydrogens is 264 g/mol. The van der Waals surface area contributed by atoms with Gasteiger partial charge in [-0.2, -0.15) is 11.3 Å². The topological polar surface area (TPSA) is 26.3 Å². The second kappa shape index (κ2) is 5.16. The van der Waals surface area contributed by atoms with E-state index < -0.39 is 0 Å². The van der Waals surface area contributed by atoms with Crippen LogP contribution in [0.1, 0.15) is 5.56 Å². The maximum absolute atomic E-state index is 12.1. The zero-order chi connectivity index (χ0) is 12.4. The van der Waals surface area contributed by atoms with Crippen LogP contribution < -0.4 is 4.74 Å². The molecule has 1 aromatic heterocycles. The van der Waals surface area contributed by atoms with E-state index in [2.05, 4.69) is 0 Å². The van der Waals surface area contributed by atoms with Crippen molar-refractivity contribution >= 4 is 28.9 Å². The van der Waals surface area contributed by atoms with E-state index in [1.807, 2.05) is 41.1 Å². The van der Waals surface area contributed by atoms with Gasteiger partial charge in [0.1, 0.15) is 5.75 Å². The smallest absolute Gasteiger partial charge is 0.178 e. The Bertz CT molecular complexity index is 549. The lowest BCUT2D eigenvalue weighted by atomic mass is 10.1. The van der Waals surface area contributed by atoms with Crippen LogP contribution in [-0.4, -0.2) is 17.6 Å². The van der Waals surface area contributed by atoms with Crippen LogP contribution in [-0.2, 0) is 11.2 Å². The standard InChI is InChI=1S/C14H12O2S2/c15-11(7-10-5-6-17-8-10)13-9-18-14-4-2-1-3-12(14)16-13/h1-6,8,13H,7,9H2. The molecule has 1 unspecified atom stereocenters. The van der Waals surface area contributed by atoms with E-state index in [1.54, 1.807) is 23.1 Å². The Hall–Kier alpha value is -1.26. The lowest BCUT2D eigenvalue weighted by Gasteiger charge is -2.24. The molecule has 0 spiro atoms. The summed E-state index contributed by atoms with van der Waals surface area (Å²) in [5, 5.41) is 4.01. The van der Waals surface area contributed by atoms with Crippen molar-refractivity contribution in [1.82, 2.24) is 0 Å². The van der Waals surface area contributed by atoms with Crippen molar-refractivity contribution < 1.29 is 9.53 Å². The quantitative estimate of drug-likeness (QED) is 0.859. The highest BCUT2D eigenvalue weighted by atomic mass is 32.2. The van der Waals surface area contributed by atoms with Gasteiger partial charge in [0.2, 0.25) is 0 Å². The van der Waals surface area contributed by atoms with Crippen LogP contribution in [0.3, 0.4) is 0 Å². The van der Waals surface area contributed by atoms with Crippen LogP contribution in [0.4, 0.5) is 0 Å². The minimum atomic E-state index is -0.315. The summed E-state index contributed by atoms with van der Waals surface area (Å²) in [7, 11) is 0. The van der Waals surface area contributed by atoms with Crippen LogP contribution in [0.5, 0.6) is 5.75 Å². The Kier molecular flexibility index (Phi) is 3.39. The van der Waals surface area contributed by atoms with Crippen molar-refractivity contribution in [2.75, 3.05) is 5.75 Å². The molecule has 2 heterocycles. The maximum Gasteiger partial charge on any atom is 0.178 e. The molecule has 1 atom stereocenters. The Morgan fingerprint density at radius 3 is 3.06 bits per heavy atom. The first-order valence-corrected chi connectivity index (χ1v) is 7.68. The molecule has 0 saturated heterocycles. The first kappa shape index (κ1) is 11.8. The summed E-state index contributed by atoms with van der Waals surface area (Å²) in [4.78, 5) is 13.3. The van der Waals surface area contributed by atoms with Gasteiger partial charge in [-0.1, -0.05) is 12.1 Å². The van der Waals surface area contributed by atoms with Crippen molar-refractivity contribution in [1.29, 1.82) is 0 Å². The number of fused-ring (bicyclic) bond motifs is 1. The van der Waals surface area contributed by atoms with Gasteiger partial charge in [0.25, 0.3) is 0 Å². The van der Waals surface area contributed by atoms with Crippen LogP contribution in [0, 0.1) is 0 Å². The van der Waals surface area contributed by atoms with Crippen molar-refractivity contribution in [3.8, 4) is 5.75 Å². The molecule has 0 radical (unpaired) electrons. The number of hydrogen-bond acceptors (Lipinski definition) is 4. The third-order valence-corrected chi connectivity index (χ3v) is 4.68. The monoisotopic (exact) mass is 276 g/mol. The molecule has 0 amide bonds. The number of ketones is 1. The van der Waals surface area contributed by atoms with E-state index in [-0.39, 0.29) is 11.9 Å². The molecule has 3 rings (SSSR count). The predicted octanol–water partition coefficient (Wildman–Crippen LogP) is 3.41. The van der Waals surface area contributed by atoms with Crippen LogP contribution in [0.15, 0.2) is 46.0 Å². The summed E-state index contributed by atoms with van der Waals surface area (Å²) < 4.78 is 5.78. The Balaban J connectivity index is 1.70. The molecule has 1 aromatic carbocycles. The summed E-state index contributed by atoms with van der Waals surface area (Å²) in [6.07, 6.45) is 0.154. The second-order valence-corrected chi connectivity index (χ2v) is 5.98. The van der Waals surface area contributed by atoms with Gasteiger partial charge >= 0.3 is 0 Å². The van der Waals surface area contributed by atoms with Crippen molar-refractivity contribution in [3.05, 3.63) is 46.7 Å². The summed E-state index contributed by atoms with van der Waals surface area (Å²) in [6, 6.07) is 9.87. The fourth-order valence-corrected chi connectivity index (χ4v) is 3.57. The third kappa shape index (κ3) is 2.44. The summed E-state index contributed by atoms with van der Waals surface area (Å²) >= 11 is 3.31. The van der Waals surface area contributed by atoms with Gasteiger partial charge in [-0.25, -0.2) is 0 Å². The molecule has 0 aliphatic carbocycles. The number of carbonyl (C=O) groups is 1. The molecule has 0 bridgehead atoms. The zero-order valence-corrected chi connectivity index (χ0v) is 11.3. The van der Waals surface area contributed by atoms with Gasteiger partial charge in [0.15, 0.2) is 11.9 Å². The molecule has 0 saturated carbocycles. The molecule has 92 valence electrons. The molecule has 1 aliphatic heterocycles. The highest BCUT2D eigenvalue weighted by molar-refractivity contribution is 7.99. The minimum absolute atomic E-state index is 0.162. The fraction of sp³-hybridized carbons (Fsp3) is 0.214. The van der Waals surface area contributed by atoms with Crippen LogP contribution in [0.25, 0.3) is 0 Å². The van der Waals surface area contributed by atoms with Gasteiger partial charge in [-0.15, -0.1) is 11.8 Å². The number of rotatable bonds is 3. The molecule has 4 heteroatoms. The lowest BCUT2D eigenvalue weighted by Crippen LogP contribution is -2.33. The van der Waals surface area contributed by atoms with Gasteiger partial charge in [0, 0.05) is 17.1 Å². The predicted molar refractivity (Wildman–Crippen MR) is 74.6 cm³/mol. The van der Waals surface area contributed by atoms with E-state index in [0.717, 1.165) is 16.2 Å². The number of thioether (sulfide) groups is 1.